The van der Waals surface area contributed by atoms with Crippen molar-refractivity contribution in [2.75, 3.05) is 45.9 Å². The molecule has 2 aliphatic rings. The van der Waals surface area contributed by atoms with Crippen molar-refractivity contribution in [3.8, 4) is 5.75 Å². The molecule has 0 aromatic heterocycles. The summed E-state index contributed by atoms with van der Waals surface area (Å²) in [4.78, 5) is 28.6. The molecule has 0 aliphatic carbocycles. The number of nitrogens with zero attached hydrogens (tertiary/aromatic N) is 2. The van der Waals surface area contributed by atoms with E-state index >= 15 is 0 Å². The van der Waals surface area contributed by atoms with Crippen molar-refractivity contribution >= 4 is 11.8 Å². The Labute approximate surface area is 136 Å². The molecule has 1 aromatic rings. The number of ether oxygens (including phenoxy) is 1. The number of hydrogen-bond acceptors (Lipinski definition) is 4. The van der Waals surface area contributed by atoms with Gasteiger partial charge >= 0.3 is 0 Å². The molecule has 1 N–H and O–H groups in total. The maximum absolute atomic E-state index is 12.7. The lowest BCUT2D eigenvalue weighted by Crippen LogP contribution is -2.57. The second kappa shape index (κ2) is 7.00. The SMILES string of the molecule is CCOc1ccccc1C(=O)N1CCN(C(=O)C2CNC2)CC1. The first-order chi connectivity index (χ1) is 11.2. The Morgan fingerprint density at radius 3 is 2.39 bits per heavy atom. The van der Waals surface area contributed by atoms with E-state index < -0.39 is 0 Å². The van der Waals surface area contributed by atoms with Crippen LogP contribution in [0.1, 0.15) is 17.3 Å². The van der Waals surface area contributed by atoms with Crippen LogP contribution in [0, 0.1) is 5.92 Å². The molecule has 0 atom stereocenters. The predicted octanol–water partition coefficient (Wildman–Crippen LogP) is 0.589. The molecule has 0 unspecified atom stereocenters. The number of nitrogens with one attached hydrogen (secondary N) is 1. The molecular formula is C17H23N3O3. The number of rotatable bonds is 4. The fourth-order valence-electron chi connectivity index (χ4n) is 2.95. The Kier molecular flexibility index (Phi) is 4.81. The summed E-state index contributed by atoms with van der Waals surface area (Å²) in [6.45, 7) is 6.36. The highest BCUT2D eigenvalue weighted by Crippen LogP contribution is 2.21. The Hall–Kier alpha value is -2.08. The van der Waals surface area contributed by atoms with Crippen molar-refractivity contribution < 1.29 is 14.3 Å². The summed E-state index contributed by atoms with van der Waals surface area (Å²) < 4.78 is 5.54. The van der Waals surface area contributed by atoms with Crippen LogP contribution in [0.4, 0.5) is 0 Å². The van der Waals surface area contributed by atoms with Crippen molar-refractivity contribution in [2.24, 2.45) is 5.92 Å². The average molecular weight is 317 g/mol. The molecule has 0 bridgehead atoms. The van der Waals surface area contributed by atoms with Crippen LogP contribution in [-0.2, 0) is 4.79 Å². The fourth-order valence-corrected chi connectivity index (χ4v) is 2.95. The Balaban J connectivity index is 1.61. The molecule has 2 amide bonds. The highest BCUT2D eigenvalue weighted by molar-refractivity contribution is 5.97. The summed E-state index contributed by atoms with van der Waals surface area (Å²) in [5.41, 5.74) is 0.595. The Morgan fingerprint density at radius 1 is 1.13 bits per heavy atom. The van der Waals surface area contributed by atoms with Crippen molar-refractivity contribution in [3.63, 3.8) is 0 Å². The molecule has 2 aliphatic heterocycles. The molecule has 6 heteroatoms. The van der Waals surface area contributed by atoms with Crippen molar-refractivity contribution in [1.82, 2.24) is 15.1 Å². The van der Waals surface area contributed by atoms with Crippen molar-refractivity contribution in [1.29, 1.82) is 0 Å². The summed E-state index contributed by atoms with van der Waals surface area (Å²) in [7, 11) is 0. The van der Waals surface area contributed by atoms with Crippen molar-refractivity contribution in [2.45, 2.75) is 6.92 Å². The average Bonchev–Trinajstić information content (AvgIpc) is 2.53. The van der Waals surface area contributed by atoms with Gasteiger partial charge in [-0.1, -0.05) is 12.1 Å². The zero-order chi connectivity index (χ0) is 16.2. The fraction of sp³-hybridized carbons (Fsp3) is 0.529. The highest BCUT2D eigenvalue weighted by atomic mass is 16.5. The van der Waals surface area contributed by atoms with E-state index in [9.17, 15) is 9.59 Å². The van der Waals surface area contributed by atoms with Gasteiger partial charge < -0.3 is 19.9 Å². The van der Waals surface area contributed by atoms with Gasteiger partial charge in [0.25, 0.3) is 5.91 Å². The number of hydrogen-bond donors (Lipinski definition) is 1. The molecule has 0 spiro atoms. The first kappa shape index (κ1) is 15.8. The normalized spacial score (nSPS) is 18.5. The molecular weight excluding hydrogens is 294 g/mol. The number of amides is 2. The smallest absolute Gasteiger partial charge is 0.257 e. The Bertz CT molecular complexity index is 578. The van der Waals surface area contributed by atoms with Crippen LogP contribution in [0.3, 0.4) is 0 Å². The van der Waals surface area contributed by atoms with E-state index in [1.54, 1.807) is 11.0 Å². The third-order valence-corrected chi connectivity index (χ3v) is 4.43. The van der Waals surface area contributed by atoms with Gasteiger partial charge in [0.15, 0.2) is 0 Å². The molecule has 0 saturated carbocycles. The van der Waals surface area contributed by atoms with Gasteiger partial charge in [-0.15, -0.1) is 0 Å². The van der Waals surface area contributed by atoms with Crippen LogP contribution in [0.2, 0.25) is 0 Å². The summed E-state index contributed by atoms with van der Waals surface area (Å²) in [5, 5.41) is 3.12. The summed E-state index contributed by atoms with van der Waals surface area (Å²) >= 11 is 0. The largest absolute Gasteiger partial charge is 0.493 e. The van der Waals surface area contributed by atoms with Gasteiger partial charge in [0.1, 0.15) is 5.75 Å². The topological polar surface area (TPSA) is 61.9 Å². The van der Waals surface area contributed by atoms with E-state index in [2.05, 4.69) is 5.32 Å². The number of para-hydroxylation sites is 1. The molecule has 1 aromatic carbocycles. The van der Waals surface area contributed by atoms with Gasteiger partial charge in [0.05, 0.1) is 18.1 Å². The van der Waals surface area contributed by atoms with Gasteiger partial charge in [-0.25, -0.2) is 0 Å². The lowest BCUT2D eigenvalue weighted by atomic mass is 10.0. The third kappa shape index (κ3) is 3.32. The minimum Gasteiger partial charge on any atom is -0.493 e. The first-order valence-electron chi connectivity index (χ1n) is 8.21. The first-order valence-corrected chi connectivity index (χ1v) is 8.21. The summed E-state index contributed by atoms with van der Waals surface area (Å²) in [6, 6.07) is 7.33. The minimum absolute atomic E-state index is 0.0218. The molecule has 0 radical (unpaired) electrons. The lowest BCUT2D eigenvalue weighted by molar-refractivity contribution is -0.138. The molecule has 6 nitrogen and oxygen atoms in total. The number of piperazine rings is 1. The van der Waals surface area contributed by atoms with Gasteiger partial charge in [0.2, 0.25) is 5.91 Å². The van der Waals surface area contributed by atoms with Crippen LogP contribution >= 0.6 is 0 Å². The molecule has 3 rings (SSSR count). The Morgan fingerprint density at radius 2 is 1.78 bits per heavy atom. The zero-order valence-corrected chi connectivity index (χ0v) is 13.5. The van der Waals surface area contributed by atoms with Crippen LogP contribution in [0.25, 0.3) is 0 Å². The van der Waals surface area contributed by atoms with Gasteiger partial charge in [-0.2, -0.15) is 0 Å². The summed E-state index contributed by atoms with van der Waals surface area (Å²) in [5.74, 6) is 0.937. The predicted molar refractivity (Wildman–Crippen MR) is 86.5 cm³/mol. The number of carbonyl (C=O) groups is 2. The van der Waals surface area contributed by atoms with E-state index in [0.717, 1.165) is 13.1 Å². The van der Waals surface area contributed by atoms with Gasteiger partial charge in [-0.05, 0) is 19.1 Å². The summed E-state index contributed by atoms with van der Waals surface area (Å²) in [6.07, 6.45) is 0. The lowest BCUT2D eigenvalue weighted by Gasteiger charge is -2.38. The maximum atomic E-state index is 12.7. The van der Waals surface area contributed by atoms with E-state index in [1.807, 2.05) is 30.0 Å². The zero-order valence-electron chi connectivity index (χ0n) is 13.5. The monoisotopic (exact) mass is 317 g/mol. The van der Waals surface area contributed by atoms with Gasteiger partial charge in [-0.3, -0.25) is 9.59 Å². The minimum atomic E-state index is -0.0218. The van der Waals surface area contributed by atoms with E-state index in [4.69, 9.17) is 4.74 Å². The van der Waals surface area contributed by atoms with E-state index in [-0.39, 0.29) is 17.7 Å². The third-order valence-electron chi connectivity index (χ3n) is 4.43. The molecule has 2 fully saturated rings. The number of carbonyl (C=O) groups excluding carboxylic acids is 2. The molecule has 23 heavy (non-hydrogen) atoms. The van der Waals surface area contributed by atoms with Crippen LogP contribution in [0.15, 0.2) is 24.3 Å². The van der Waals surface area contributed by atoms with Crippen LogP contribution in [0.5, 0.6) is 5.75 Å². The molecule has 124 valence electrons. The van der Waals surface area contributed by atoms with Crippen molar-refractivity contribution in [3.05, 3.63) is 29.8 Å². The maximum Gasteiger partial charge on any atom is 0.257 e. The second-order valence-corrected chi connectivity index (χ2v) is 5.90. The number of benzene rings is 1. The standard InChI is InChI=1S/C17H23N3O3/c1-2-23-15-6-4-3-5-14(15)17(22)20-9-7-19(8-10-20)16(21)13-11-18-12-13/h3-6,13,18H,2,7-12H2,1H3. The molecule has 2 saturated heterocycles. The van der Waals surface area contributed by atoms with Crippen LogP contribution in [-0.4, -0.2) is 67.5 Å². The highest BCUT2D eigenvalue weighted by Gasteiger charge is 2.32. The quantitative estimate of drug-likeness (QED) is 0.883. The van der Waals surface area contributed by atoms with Crippen LogP contribution < -0.4 is 10.1 Å². The van der Waals surface area contributed by atoms with Gasteiger partial charge in [0, 0.05) is 39.3 Å². The molecule has 2 heterocycles. The second-order valence-electron chi connectivity index (χ2n) is 5.90. The van der Waals surface area contributed by atoms with E-state index in [0.29, 0.717) is 44.1 Å². The van der Waals surface area contributed by atoms with E-state index in [1.165, 1.54) is 0 Å².